The normalized spacial score (nSPS) is 14.9. The number of fused-ring (bicyclic) bond motifs is 1. The molecule has 0 saturated heterocycles. The van der Waals surface area contributed by atoms with Crippen LogP contribution >= 0.6 is 0 Å². The van der Waals surface area contributed by atoms with Crippen molar-refractivity contribution < 1.29 is 4.39 Å². The van der Waals surface area contributed by atoms with Crippen LogP contribution in [-0.2, 0) is 25.9 Å². The molecule has 0 N–H and O–H groups in total. The molecule has 0 unspecified atom stereocenters. The van der Waals surface area contributed by atoms with Gasteiger partial charge in [-0.2, -0.15) is 0 Å². The topological polar surface area (TPSA) is 46.8 Å². The maximum atomic E-state index is 13.7. The number of nitrogens with zero attached hydrogens (tertiary/aromatic N) is 5. The Morgan fingerprint density at radius 1 is 0.871 bits per heavy atom. The molecule has 0 aliphatic carbocycles. The van der Waals surface area contributed by atoms with Gasteiger partial charge in [0.05, 0.1) is 6.04 Å². The van der Waals surface area contributed by atoms with Gasteiger partial charge in [-0.15, -0.1) is 5.10 Å². The monoisotopic (exact) mass is 413 g/mol. The molecule has 4 aromatic rings. The third kappa shape index (κ3) is 4.25. The Balaban J connectivity index is 1.47. The molecule has 5 nitrogen and oxygen atoms in total. The summed E-state index contributed by atoms with van der Waals surface area (Å²) in [5.74, 6) is 0.553. The molecule has 0 bridgehead atoms. The first-order valence-corrected chi connectivity index (χ1v) is 10.6. The van der Waals surface area contributed by atoms with E-state index in [0.717, 1.165) is 37.3 Å². The Hall–Kier alpha value is -3.38. The fourth-order valence-electron chi connectivity index (χ4n) is 4.35. The molecule has 0 spiro atoms. The van der Waals surface area contributed by atoms with Crippen molar-refractivity contribution in [2.45, 2.75) is 32.0 Å². The first-order chi connectivity index (χ1) is 15.3. The maximum Gasteiger partial charge on any atom is 0.173 e. The van der Waals surface area contributed by atoms with E-state index in [0.29, 0.717) is 6.54 Å². The van der Waals surface area contributed by atoms with Gasteiger partial charge in [-0.25, -0.2) is 9.07 Å². The second-order valence-corrected chi connectivity index (χ2v) is 7.94. The zero-order valence-corrected chi connectivity index (χ0v) is 17.2. The molecule has 31 heavy (non-hydrogen) atoms. The molecular weight excluding hydrogens is 389 g/mol. The lowest BCUT2D eigenvalue weighted by atomic mass is 9.96. The van der Waals surface area contributed by atoms with E-state index in [4.69, 9.17) is 0 Å². The van der Waals surface area contributed by atoms with Crippen molar-refractivity contribution in [3.8, 4) is 0 Å². The first kappa shape index (κ1) is 19.6. The van der Waals surface area contributed by atoms with Crippen molar-refractivity contribution in [3.63, 3.8) is 0 Å². The number of hydrogen-bond acceptors (Lipinski definition) is 4. The van der Waals surface area contributed by atoms with Gasteiger partial charge >= 0.3 is 0 Å². The van der Waals surface area contributed by atoms with E-state index in [-0.39, 0.29) is 11.9 Å². The Labute approximate surface area is 181 Å². The van der Waals surface area contributed by atoms with E-state index in [1.54, 1.807) is 0 Å². The van der Waals surface area contributed by atoms with E-state index < -0.39 is 0 Å². The van der Waals surface area contributed by atoms with Crippen LogP contribution in [0, 0.1) is 5.82 Å². The summed E-state index contributed by atoms with van der Waals surface area (Å²) < 4.78 is 15.6. The lowest BCUT2D eigenvalue weighted by Gasteiger charge is -2.35. The Bertz CT molecular complexity index is 1140. The molecule has 1 atom stereocenters. The molecule has 0 amide bonds. The fraction of sp³-hybridized carbons (Fsp3) is 0.240. The van der Waals surface area contributed by atoms with Crippen LogP contribution in [0.2, 0.25) is 0 Å². The molecule has 1 aromatic heterocycles. The van der Waals surface area contributed by atoms with Gasteiger partial charge in [0.2, 0.25) is 0 Å². The lowest BCUT2D eigenvalue weighted by Crippen LogP contribution is -2.36. The highest BCUT2D eigenvalue weighted by molar-refractivity contribution is 5.32. The summed E-state index contributed by atoms with van der Waals surface area (Å²) >= 11 is 0. The molecule has 2 heterocycles. The molecule has 6 heteroatoms. The molecule has 1 aliphatic heterocycles. The smallest absolute Gasteiger partial charge is 0.173 e. The van der Waals surface area contributed by atoms with Crippen LogP contribution in [0.3, 0.4) is 0 Å². The minimum Gasteiger partial charge on any atom is -0.285 e. The second-order valence-electron chi connectivity index (χ2n) is 7.94. The highest BCUT2D eigenvalue weighted by Gasteiger charge is 2.30. The Morgan fingerprint density at radius 2 is 1.61 bits per heavy atom. The molecule has 0 radical (unpaired) electrons. The summed E-state index contributed by atoms with van der Waals surface area (Å²) in [5, 5.41) is 12.7. The zero-order chi connectivity index (χ0) is 21.0. The number of rotatable bonds is 6. The minimum absolute atomic E-state index is 0.139. The van der Waals surface area contributed by atoms with Gasteiger partial charge < -0.3 is 0 Å². The van der Waals surface area contributed by atoms with Crippen molar-refractivity contribution >= 4 is 0 Å². The van der Waals surface area contributed by atoms with Crippen LogP contribution in [0.5, 0.6) is 0 Å². The predicted molar refractivity (Wildman–Crippen MR) is 117 cm³/mol. The molecule has 0 saturated carbocycles. The van der Waals surface area contributed by atoms with Gasteiger partial charge in [-0.3, -0.25) is 4.90 Å². The maximum absolute atomic E-state index is 13.7. The SMILES string of the molecule is Fc1ccc([C@@H](c2nnnn2CCc2ccccc2)N2CCc3ccccc3C2)cc1. The summed E-state index contributed by atoms with van der Waals surface area (Å²) in [6, 6.07) is 25.5. The fourth-order valence-corrected chi connectivity index (χ4v) is 4.35. The Kier molecular flexibility index (Phi) is 5.54. The van der Waals surface area contributed by atoms with Crippen molar-refractivity contribution in [2.75, 3.05) is 6.54 Å². The van der Waals surface area contributed by atoms with Crippen LogP contribution in [0.4, 0.5) is 4.39 Å². The third-order valence-corrected chi connectivity index (χ3v) is 5.97. The third-order valence-electron chi connectivity index (χ3n) is 5.97. The van der Waals surface area contributed by atoms with E-state index >= 15 is 0 Å². The number of hydrogen-bond donors (Lipinski definition) is 0. The largest absolute Gasteiger partial charge is 0.285 e. The van der Waals surface area contributed by atoms with Gasteiger partial charge in [0, 0.05) is 19.6 Å². The molecule has 5 rings (SSSR count). The van der Waals surface area contributed by atoms with Crippen LogP contribution in [0.1, 0.15) is 34.1 Å². The van der Waals surface area contributed by atoms with Crippen molar-refractivity contribution in [3.05, 3.63) is 113 Å². The van der Waals surface area contributed by atoms with Gasteiger partial charge in [-0.1, -0.05) is 66.7 Å². The van der Waals surface area contributed by atoms with Crippen LogP contribution in [0.25, 0.3) is 0 Å². The number of halogens is 1. The molecule has 0 fully saturated rings. The predicted octanol–water partition coefficient (Wildman–Crippen LogP) is 4.20. The van der Waals surface area contributed by atoms with E-state index in [9.17, 15) is 4.39 Å². The van der Waals surface area contributed by atoms with Crippen molar-refractivity contribution in [1.29, 1.82) is 0 Å². The van der Waals surface area contributed by atoms with Crippen LogP contribution in [-0.4, -0.2) is 31.7 Å². The van der Waals surface area contributed by atoms with E-state index in [2.05, 4.69) is 56.8 Å². The quantitative estimate of drug-likeness (QED) is 0.475. The molecular formula is C25H24FN5. The summed E-state index contributed by atoms with van der Waals surface area (Å²) in [6.07, 6.45) is 1.82. The van der Waals surface area contributed by atoms with Gasteiger partial charge in [0.25, 0.3) is 0 Å². The van der Waals surface area contributed by atoms with Crippen LogP contribution < -0.4 is 0 Å². The summed E-state index contributed by atoms with van der Waals surface area (Å²) in [5.41, 5.74) is 4.95. The summed E-state index contributed by atoms with van der Waals surface area (Å²) in [7, 11) is 0. The molecule has 3 aromatic carbocycles. The van der Waals surface area contributed by atoms with Crippen molar-refractivity contribution in [2.24, 2.45) is 0 Å². The Morgan fingerprint density at radius 3 is 2.42 bits per heavy atom. The number of tetrazole rings is 1. The molecule has 1 aliphatic rings. The highest BCUT2D eigenvalue weighted by Crippen LogP contribution is 2.32. The number of benzene rings is 3. The van der Waals surface area contributed by atoms with E-state index in [1.165, 1.54) is 28.8 Å². The first-order valence-electron chi connectivity index (χ1n) is 10.6. The van der Waals surface area contributed by atoms with Crippen molar-refractivity contribution in [1.82, 2.24) is 25.1 Å². The standard InChI is InChI=1S/C25H24FN5/c26-23-12-10-21(11-13-23)24(30-16-15-20-8-4-5-9-22(20)18-30)25-27-28-29-31(25)17-14-19-6-2-1-3-7-19/h1-13,24H,14-18H2/t24-/m0/s1. The number of aryl methyl sites for hydroxylation is 2. The van der Waals surface area contributed by atoms with Gasteiger partial charge in [0.1, 0.15) is 5.82 Å². The lowest BCUT2D eigenvalue weighted by molar-refractivity contribution is 0.194. The second kappa shape index (κ2) is 8.78. The van der Waals surface area contributed by atoms with Gasteiger partial charge in [-0.05, 0) is 57.7 Å². The van der Waals surface area contributed by atoms with Gasteiger partial charge in [0.15, 0.2) is 5.82 Å². The van der Waals surface area contributed by atoms with Crippen LogP contribution in [0.15, 0.2) is 78.9 Å². The number of aromatic nitrogens is 4. The summed E-state index contributed by atoms with van der Waals surface area (Å²) in [6.45, 7) is 2.39. The molecule has 156 valence electrons. The summed E-state index contributed by atoms with van der Waals surface area (Å²) in [4.78, 5) is 2.39. The highest BCUT2D eigenvalue weighted by atomic mass is 19.1. The minimum atomic E-state index is -0.241. The zero-order valence-electron chi connectivity index (χ0n) is 17.2. The average molecular weight is 414 g/mol. The van der Waals surface area contributed by atoms with E-state index in [1.807, 2.05) is 35.0 Å². The average Bonchev–Trinajstić information content (AvgIpc) is 3.28.